The maximum Gasteiger partial charge on any atom is 0.573 e. The van der Waals surface area contributed by atoms with Gasteiger partial charge in [-0.3, -0.25) is 5.43 Å². The summed E-state index contributed by atoms with van der Waals surface area (Å²) in [6, 6.07) is 12.0. The fourth-order valence-corrected chi connectivity index (χ4v) is 5.97. The molecule has 20 heteroatoms. The second-order valence-electron chi connectivity index (χ2n) is 12.1. The van der Waals surface area contributed by atoms with Crippen molar-refractivity contribution >= 4 is 44.8 Å². The van der Waals surface area contributed by atoms with Crippen LogP contribution < -0.4 is 25.6 Å². The van der Waals surface area contributed by atoms with Gasteiger partial charge in [-0.15, -0.1) is 13.2 Å². The molecule has 4 rings (SSSR count). The Hall–Kier alpha value is -4.59. The van der Waals surface area contributed by atoms with E-state index in [1.165, 1.54) is 12.1 Å². The quantitative estimate of drug-likeness (QED) is 0.118. The molecule has 0 bridgehead atoms. The van der Waals surface area contributed by atoms with Gasteiger partial charge >= 0.3 is 24.6 Å². The van der Waals surface area contributed by atoms with E-state index in [9.17, 15) is 39.6 Å². The molecule has 0 atom stereocenters. The summed E-state index contributed by atoms with van der Waals surface area (Å²) in [6.07, 6.45) is -7.65. The molecule has 3 aromatic rings. The molecule has 5 N–H and O–H groups in total. The molecule has 50 heavy (non-hydrogen) atoms. The molecule has 13 nitrogen and oxygen atoms in total. The molecule has 1 aliphatic rings. The van der Waals surface area contributed by atoms with Crippen molar-refractivity contribution in [3.63, 3.8) is 0 Å². The van der Waals surface area contributed by atoms with Gasteiger partial charge in [-0.1, -0.05) is 24.3 Å². The fourth-order valence-electron chi connectivity index (χ4n) is 4.73. The molecule has 1 fully saturated rings. The lowest BCUT2D eigenvalue weighted by Gasteiger charge is -2.28. The van der Waals surface area contributed by atoms with Gasteiger partial charge in [0.15, 0.2) is 5.82 Å². The fraction of sp³-hybridized carbons (Fsp3) is 0.467. The Morgan fingerprint density at radius 1 is 0.880 bits per heavy atom. The van der Waals surface area contributed by atoms with Crippen molar-refractivity contribution in [3.8, 4) is 5.75 Å². The standard InChI is InChI=1S/C28H35F3N6O5S.C2HF3O2/c1-27(2,3)42-26(38)37-36-24-20-8-4-5-9-21(20)34-25(35-24)32-16-18-12-14-19(15-13-18)17-33-43(39,40)23-11-7-6-10-22(23)41-28(29,30)31;3-2(4,5)1(6)7/h4-11,18-19,33H,12-17H2,1-3H3,(H,37,38)(H2,32,34,35,36);(H,6,7). The summed E-state index contributed by atoms with van der Waals surface area (Å²) < 4.78 is 107. The average Bonchev–Trinajstić information content (AvgIpc) is 3.00. The number of carbonyl (C=O) groups excluding carboxylic acids is 1. The van der Waals surface area contributed by atoms with E-state index in [0.717, 1.165) is 37.8 Å². The Morgan fingerprint density at radius 2 is 1.44 bits per heavy atom. The first-order valence-electron chi connectivity index (χ1n) is 15.0. The average molecular weight is 739 g/mol. The summed E-state index contributed by atoms with van der Waals surface area (Å²) in [5.74, 6) is -2.44. The number of hydrazine groups is 1. The summed E-state index contributed by atoms with van der Waals surface area (Å²) in [6.45, 7) is 5.97. The van der Waals surface area contributed by atoms with Crippen LogP contribution in [0.25, 0.3) is 10.9 Å². The molecular weight excluding hydrogens is 702 g/mol. The third kappa shape index (κ3) is 13.0. The topological polar surface area (TPSA) is 181 Å². The van der Waals surface area contributed by atoms with Gasteiger partial charge in [0.05, 0.1) is 5.52 Å². The van der Waals surface area contributed by atoms with E-state index in [0.29, 0.717) is 29.2 Å². The van der Waals surface area contributed by atoms with Crippen LogP contribution >= 0.6 is 0 Å². The number of benzene rings is 2. The number of anilines is 2. The monoisotopic (exact) mass is 738 g/mol. The van der Waals surface area contributed by atoms with Crippen molar-refractivity contribution in [2.45, 2.75) is 69.5 Å². The zero-order chi connectivity index (χ0) is 37.3. The summed E-state index contributed by atoms with van der Waals surface area (Å²) in [7, 11) is -4.21. The highest BCUT2D eigenvalue weighted by Gasteiger charge is 2.38. The second kappa shape index (κ2) is 16.4. The highest BCUT2D eigenvalue weighted by atomic mass is 32.2. The van der Waals surface area contributed by atoms with Gasteiger partial charge in [0.1, 0.15) is 16.2 Å². The number of hydrogen-bond donors (Lipinski definition) is 5. The summed E-state index contributed by atoms with van der Waals surface area (Å²) >= 11 is 0. The lowest BCUT2D eigenvalue weighted by atomic mass is 9.82. The Labute approximate surface area is 283 Å². The molecule has 0 saturated heterocycles. The van der Waals surface area contributed by atoms with Crippen LogP contribution in [-0.4, -0.2) is 66.8 Å². The molecule has 0 spiro atoms. The number of halogens is 6. The number of alkyl halides is 6. The Bertz CT molecular complexity index is 1730. The smallest absolute Gasteiger partial charge is 0.475 e. The zero-order valence-electron chi connectivity index (χ0n) is 27.0. The molecule has 1 amide bonds. The SMILES string of the molecule is CC(C)(C)OC(=O)NNc1nc(NCC2CCC(CNS(=O)(=O)c3ccccc3OC(F)(F)F)CC2)nc2ccccc12.O=C(O)C(F)(F)F. The van der Waals surface area contributed by atoms with E-state index in [2.05, 4.69) is 35.6 Å². The van der Waals surface area contributed by atoms with Crippen molar-refractivity contribution in [1.82, 2.24) is 20.1 Å². The lowest BCUT2D eigenvalue weighted by Crippen LogP contribution is -2.36. The van der Waals surface area contributed by atoms with Gasteiger partial charge in [-0.25, -0.2) is 33.1 Å². The van der Waals surface area contributed by atoms with Crippen LogP contribution in [0.3, 0.4) is 0 Å². The number of carbonyl (C=O) groups is 2. The van der Waals surface area contributed by atoms with Crippen molar-refractivity contribution in [2.75, 3.05) is 23.8 Å². The molecule has 2 aromatic carbocycles. The Balaban J connectivity index is 0.000000872. The molecule has 1 heterocycles. The number of para-hydroxylation sites is 2. The largest absolute Gasteiger partial charge is 0.573 e. The van der Waals surface area contributed by atoms with E-state index in [1.54, 1.807) is 20.8 Å². The van der Waals surface area contributed by atoms with Crippen LogP contribution in [0.15, 0.2) is 53.4 Å². The highest BCUT2D eigenvalue weighted by Crippen LogP contribution is 2.32. The van der Waals surface area contributed by atoms with E-state index in [-0.39, 0.29) is 18.4 Å². The molecule has 1 aromatic heterocycles. The molecule has 0 unspecified atom stereocenters. The number of nitrogens with one attached hydrogen (secondary N) is 4. The van der Waals surface area contributed by atoms with Crippen LogP contribution in [-0.2, 0) is 19.6 Å². The van der Waals surface area contributed by atoms with Crippen LogP contribution in [0.4, 0.5) is 42.9 Å². The lowest BCUT2D eigenvalue weighted by molar-refractivity contribution is -0.275. The summed E-state index contributed by atoms with van der Waals surface area (Å²) in [5, 5.41) is 11.1. The van der Waals surface area contributed by atoms with E-state index < -0.39 is 50.9 Å². The highest BCUT2D eigenvalue weighted by molar-refractivity contribution is 7.89. The predicted molar refractivity (Wildman–Crippen MR) is 168 cm³/mol. The van der Waals surface area contributed by atoms with Gasteiger partial charge in [0.25, 0.3) is 0 Å². The van der Waals surface area contributed by atoms with Gasteiger partial charge in [0, 0.05) is 18.5 Å². The number of aliphatic carboxylic acids is 1. The Morgan fingerprint density at radius 3 is 2.02 bits per heavy atom. The summed E-state index contributed by atoms with van der Waals surface area (Å²) in [5.41, 5.74) is 5.32. The van der Waals surface area contributed by atoms with Crippen molar-refractivity contribution < 1.29 is 58.9 Å². The zero-order valence-corrected chi connectivity index (χ0v) is 27.8. The first-order valence-corrected chi connectivity index (χ1v) is 16.5. The first kappa shape index (κ1) is 39.8. The molecule has 1 saturated carbocycles. The van der Waals surface area contributed by atoms with Crippen LogP contribution in [0.1, 0.15) is 46.5 Å². The number of sulfonamides is 1. The first-order chi connectivity index (χ1) is 23.1. The van der Waals surface area contributed by atoms with Gasteiger partial charge in [-0.2, -0.15) is 18.2 Å². The van der Waals surface area contributed by atoms with Gasteiger partial charge in [0.2, 0.25) is 16.0 Å². The minimum Gasteiger partial charge on any atom is -0.475 e. The molecule has 1 aliphatic carbocycles. The van der Waals surface area contributed by atoms with Crippen LogP contribution in [0.5, 0.6) is 5.75 Å². The number of rotatable bonds is 10. The molecule has 276 valence electrons. The van der Waals surface area contributed by atoms with Crippen molar-refractivity contribution in [2.24, 2.45) is 11.8 Å². The minimum atomic E-state index is -5.08. The van der Waals surface area contributed by atoms with Crippen LogP contribution in [0.2, 0.25) is 0 Å². The number of hydrogen-bond acceptors (Lipinski definition) is 10. The number of carboxylic acids is 1. The Kier molecular flexibility index (Phi) is 13.1. The summed E-state index contributed by atoms with van der Waals surface area (Å²) in [4.78, 5) is 29.5. The van der Waals surface area contributed by atoms with Gasteiger partial charge < -0.3 is 19.9 Å². The number of carboxylic acid groups (broad SMARTS) is 1. The number of fused-ring (bicyclic) bond motifs is 1. The van der Waals surface area contributed by atoms with E-state index in [4.69, 9.17) is 14.6 Å². The molecule has 0 radical (unpaired) electrons. The van der Waals surface area contributed by atoms with Crippen LogP contribution in [0, 0.1) is 11.8 Å². The third-order valence-electron chi connectivity index (χ3n) is 6.97. The predicted octanol–water partition coefficient (Wildman–Crippen LogP) is 6.21. The number of amides is 1. The van der Waals surface area contributed by atoms with E-state index >= 15 is 0 Å². The van der Waals surface area contributed by atoms with E-state index in [1.807, 2.05) is 24.3 Å². The maximum atomic E-state index is 12.8. The number of nitrogens with zero attached hydrogens (tertiary/aromatic N) is 2. The molecule has 0 aliphatic heterocycles. The number of ether oxygens (including phenoxy) is 2. The maximum absolute atomic E-state index is 12.8. The van der Waals surface area contributed by atoms with Crippen molar-refractivity contribution in [3.05, 3.63) is 48.5 Å². The number of aromatic nitrogens is 2. The van der Waals surface area contributed by atoms with Crippen molar-refractivity contribution in [1.29, 1.82) is 0 Å². The normalized spacial score (nSPS) is 16.8. The minimum absolute atomic E-state index is 0.0355. The molecular formula is C30H36F6N6O7S. The van der Waals surface area contributed by atoms with Gasteiger partial charge in [-0.05, 0) is 82.6 Å². The second-order valence-corrected chi connectivity index (χ2v) is 13.8. The third-order valence-corrected chi connectivity index (χ3v) is 8.43.